The number of hydrogen-bond donors (Lipinski definition) is 0. The van der Waals surface area contributed by atoms with Gasteiger partial charge in [-0.25, -0.2) is 29.9 Å². The second-order valence-electron chi connectivity index (χ2n) is 13.6. The van der Waals surface area contributed by atoms with Crippen LogP contribution in [0.15, 0.2) is 182 Å². The molecule has 8 aromatic heterocycles. The van der Waals surface area contributed by atoms with Crippen LogP contribution in [0, 0.1) is 76.2 Å². The lowest BCUT2D eigenvalue weighted by Crippen LogP contribution is -1.80. The first-order chi connectivity index (χ1) is 46.4. The van der Waals surface area contributed by atoms with Crippen molar-refractivity contribution in [3.8, 4) is 0 Å². The fourth-order valence-corrected chi connectivity index (χ4v) is 5.32. The van der Waals surface area contributed by atoms with Crippen molar-refractivity contribution in [3.05, 3.63) is 243 Å². The average molecular weight is 1470 g/mol. The van der Waals surface area contributed by atoms with Crippen molar-refractivity contribution >= 4 is 22.7 Å². The zero-order chi connectivity index (χ0) is 78.3. The van der Waals surface area contributed by atoms with E-state index in [2.05, 4.69) is 115 Å². The van der Waals surface area contributed by atoms with Crippen LogP contribution in [-0.4, -0.2) is 44.9 Å². The molecule has 0 N–H and O–H groups in total. The molecule has 0 unspecified atom stereocenters. The first-order valence-corrected chi connectivity index (χ1v) is 37.9. The van der Waals surface area contributed by atoms with Gasteiger partial charge in [-0.15, -0.1) is 22.7 Å². The standard InChI is InChI=1S/C7H8.3C6H7N.2C6H8S.3C5H6N2.16C2H6.7CH4/c1-7-5-3-2-4-6-7;1-6-2-4-7-5-3-6;1-6-3-2-4-7-5-6;1-6-4-2-3-5-7-6;2*1-5-3-4-7-6(5)2;1-5-2-6-4-7-3-5;1-5-2-3-6-4-7-5;1-5-6-3-2-4-7-5;16*1-2;;;;;;;/h2-6H,1H3;3*2-5H,1H3;2*3-4H,1-2H3;3*2-4H,1H3;16*1-2H3;7*1H4. The molecule has 0 aliphatic carbocycles. The summed E-state index contributed by atoms with van der Waals surface area (Å²) in [7, 11) is 0. The van der Waals surface area contributed by atoms with Crippen LogP contribution in [0.3, 0.4) is 0 Å². The molecule has 9 aromatic rings. The van der Waals surface area contributed by atoms with Crippen LogP contribution >= 0.6 is 22.7 Å². The van der Waals surface area contributed by atoms with Crippen molar-refractivity contribution in [2.75, 3.05) is 0 Å². The summed E-state index contributed by atoms with van der Waals surface area (Å²) in [4.78, 5) is 37.5. The molecule has 608 valence electrons. The van der Waals surface area contributed by atoms with Crippen molar-refractivity contribution in [2.24, 2.45) is 0 Å². The van der Waals surface area contributed by atoms with Crippen molar-refractivity contribution in [3.63, 3.8) is 0 Å². The summed E-state index contributed by atoms with van der Waals surface area (Å²) in [5, 5.41) is 4.23. The van der Waals surface area contributed by atoms with Gasteiger partial charge in [0.2, 0.25) is 0 Å². The van der Waals surface area contributed by atoms with Gasteiger partial charge in [0, 0.05) is 83.1 Å². The number of thiophene rings is 2. The minimum Gasteiger partial charge on any atom is -0.265 e. The maximum Gasteiger partial charge on any atom is 0.125 e. The Morgan fingerprint density at radius 1 is 0.216 bits per heavy atom. The van der Waals surface area contributed by atoms with E-state index >= 15 is 0 Å². The lowest BCUT2D eigenvalue weighted by Gasteiger charge is -1.82. The van der Waals surface area contributed by atoms with Crippen LogP contribution in [0.4, 0.5) is 0 Å². The number of aryl methyl sites for hydroxylation is 11. The van der Waals surface area contributed by atoms with Gasteiger partial charge in [0.05, 0.1) is 0 Å². The second kappa shape index (κ2) is 181. The molecule has 0 atom stereocenters. The Labute approximate surface area is 656 Å². The van der Waals surface area contributed by atoms with Crippen molar-refractivity contribution in [2.45, 2.75) is 350 Å². The summed E-state index contributed by atoms with van der Waals surface area (Å²) < 4.78 is 0. The van der Waals surface area contributed by atoms with E-state index in [-0.39, 0.29) is 52.0 Å². The Bertz CT molecular complexity index is 1900. The van der Waals surface area contributed by atoms with E-state index in [4.69, 9.17) is 0 Å². The monoisotopic (exact) mass is 1470 g/mol. The molecule has 8 heterocycles. The molecule has 9 rings (SSSR count). The SMILES string of the molecule is C.C.C.C.C.C.C.CC.CC.CC.CC.CC.CC.CC.CC.CC.CC.CC.CC.CC.CC.CC.CC.Cc1ccccc1.Cc1ccccn1.Cc1cccnc1.Cc1ccncc1.Cc1ccncn1.Cc1ccsc1C.Cc1ccsc1C.Cc1cncnc1.Cc1ncccn1. The van der Waals surface area contributed by atoms with E-state index in [1.807, 2.05) is 336 Å². The summed E-state index contributed by atoms with van der Waals surface area (Å²) in [5.41, 5.74) is 9.79. The molecule has 0 bridgehead atoms. The van der Waals surface area contributed by atoms with Gasteiger partial charge >= 0.3 is 0 Å². The summed E-state index contributed by atoms with van der Waals surface area (Å²) in [6.45, 7) is 86.4. The second-order valence-corrected chi connectivity index (χ2v) is 15.8. The fourth-order valence-electron chi connectivity index (χ4n) is 3.86. The van der Waals surface area contributed by atoms with Gasteiger partial charge in [-0.1, -0.05) is 322 Å². The summed E-state index contributed by atoms with van der Waals surface area (Å²) >= 11 is 3.61. The molecule has 0 aliphatic rings. The van der Waals surface area contributed by atoms with Crippen molar-refractivity contribution < 1.29 is 0 Å². The number of hydrogen-bond acceptors (Lipinski definition) is 11. The highest BCUT2D eigenvalue weighted by Crippen LogP contribution is 2.13. The molecule has 0 aliphatic heterocycles. The molecule has 0 saturated heterocycles. The van der Waals surface area contributed by atoms with Gasteiger partial charge in [-0.05, 0) is 169 Å². The lowest BCUT2D eigenvalue weighted by molar-refractivity contribution is 1.05. The highest BCUT2D eigenvalue weighted by Gasteiger charge is 1.88. The zero-order valence-electron chi connectivity index (χ0n) is 70.7. The van der Waals surface area contributed by atoms with E-state index in [1.165, 1.54) is 50.2 Å². The molecule has 11 heteroatoms. The van der Waals surface area contributed by atoms with E-state index in [0.717, 1.165) is 22.8 Å². The predicted octanol–water partition coefficient (Wildman–Crippen LogP) is 34.1. The molecule has 0 spiro atoms. The average Bonchev–Trinajstić information content (AvgIpc) is 1.85. The third kappa shape index (κ3) is 166. The van der Waals surface area contributed by atoms with E-state index in [0.29, 0.717) is 0 Å². The third-order valence-electron chi connectivity index (χ3n) is 7.76. The van der Waals surface area contributed by atoms with Crippen LogP contribution in [-0.2, 0) is 0 Å². The van der Waals surface area contributed by atoms with Gasteiger partial charge in [0.25, 0.3) is 0 Å². The third-order valence-corrected chi connectivity index (χ3v) is 9.66. The minimum absolute atomic E-state index is 0. The van der Waals surface area contributed by atoms with Gasteiger partial charge in [-0.3, -0.25) is 15.0 Å². The summed E-state index contributed by atoms with van der Waals surface area (Å²) in [5.74, 6) is 0.822. The highest BCUT2D eigenvalue weighted by atomic mass is 32.1. The Hall–Kier alpha value is -6.69. The molecule has 9 nitrogen and oxygen atoms in total. The number of aromatic nitrogens is 9. The number of benzene rings is 1. The maximum absolute atomic E-state index is 3.98. The van der Waals surface area contributed by atoms with Crippen LogP contribution < -0.4 is 0 Å². The largest absolute Gasteiger partial charge is 0.265 e. The Balaban J connectivity index is -0.0000000310. The maximum atomic E-state index is 3.98. The normalized spacial score (nSPS) is 6.42. The molecule has 0 fully saturated rings. The number of nitrogens with zero attached hydrogens (tertiary/aromatic N) is 9. The van der Waals surface area contributed by atoms with Crippen LogP contribution in [0.2, 0.25) is 0 Å². The topological polar surface area (TPSA) is 116 Å². The van der Waals surface area contributed by atoms with Crippen molar-refractivity contribution in [1.82, 2.24) is 44.9 Å². The Kier molecular flexibility index (Phi) is 288. The lowest BCUT2D eigenvalue weighted by atomic mass is 10.2. The fraction of sp³-hybridized carbons (Fsp3) is 0.549. The first-order valence-electron chi connectivity index (χ1n) is 36.2. The summed E-state index contributed by atoms with van der Waals surface area (Å²) in [6.07, 6.45) is 20.7. The Morgan fingerprint density at radius 2 is 0.529 bits per heavy atom. The van der Waals surface area contributed by atoms with E-state index in [1.54, 1.807) is 84.5 Å². The number of rotatable bonds is 0. The van der Waals surface area contributed by atoms with Crippen LogP contribution in [0.5, 0.6) is 0 Å². The van der Waals surface area contributed by atoms with Gasteiger partial charge in [0.15, 0.2) is 0 Å². The van der Waals surface area contributed by atoms with E-state index < -0.39 is 0 Å². The molecule has 0 radical (unpaired) electrons. The molecular formula is C91H187N9S2. The molecule has 0 saturated carbocycles. The summed E-state index contributed by atoms with van der Waals surface area (Å²) in [6, 6.07) is 31.9. The predicted molar refractivity (Wildman–Crippen MR) is 495 cm³/mol. The van der Waals surface area contributed by atoms with Crippen LogP contribution in [0.25, 0.3) is 0 Å². The number of pyridine rings is 3. The minimum atomic E-state index is 0. The van der Waals surface area contributed by atoms with Crippen molar-refractivity contribution in [1.29, 1.82) is 0 Å². The van der Waals surface area contributed by atoms with Crippen LogP contribution in [0.1, 0.15) is 334 Å². The zero-order valence-corrected chi connectivity index (χ0v) is 72.3. The van der Waals surface area contributed by atoms with Gasteiger partial charge in [-0.2, -0.15) is 0 Å². The van der Waals surface area contributed by atoms with Gasteiger partial charge < -0.3 is 0 Å². The molecule has 1 aromatic carbocycles. The van der Waals surface area contributed by atoms with E-state index in [9.17, 15) is 0 Å². The molecule has 102 heavy (non-hydrogen) atoms. The molecular weight excluding hydrogens is 1280 g/mol. The van der Waals surface area contributed by atoms with Gasteiger partial charge in [0.1, 0.15) is 18.5 Å². The molecule has 0 amide bonds. The quantitative estimate of drug-likeness (QED) is 0.146. The first kappa shape index (κ1) is 162. The Morgan fingerprint density at radius 3 is 0.676 bits per heavy atom. The smallest absolute Gasteiger partial charge is 0.125 e. The highest BCUT2D eigenvalue weighted by molar-refractivity contribution is 7.10.